The third-order valence-electron chi connectivity index (χ3n) is 2.47. The molecule has 1 rings (SSSR count). The minimum Gasteiger partial charge on any atom is -0.212 e. The number of hydrogen-bond donors (Lipinski definition) is 1. The van der Waals surface area contributed by atoms with E-state index in [2.05, 4.69) is 4.72 Å². The fourth-order valence-electron chi connectivity index (χ4n) is 1.34. The summed E-state index contributed by atoms with van der Waals surface area (Å²) in [5, 5.41) is 0. The Labute approximate surface area is 97.9 Å². The van der Waals surface area contributed by atoms with Crippen LogP contribution >= 0.6 is 0 Å². The first-order valence-corrected chi connectivity index (χ1v) is 7.13. The van der Waals surface area contributed by atoms with Crippen LogP contribution in [0.25, 0.3) is 0 Å². The Morgan fingerprint density at radius 2 is 1.81 bits per heavy atom. The van der Waals surface area contributed by atoms with Crippen molar-refractivity contribution >= 4 is 10.0 Å². The molecule has 16 heavy (non-hydrogen) atoms. The average Bonchev–Trinajstić information content (AvgIpc) is 2.20. The van der Waals surface area contributed by atoms with Gasteiger partial charge in [0.1, 0.15) is 0 Å². The van der Waals surface area contributed by atoms with Crippen LogP contribution in [-0.4, -0.2) is 14.5 Å². The van der Waals surface area contributed by atoms with E-state index in [9.17, 15) is 8.42 Å². The molecule has 1 N–H and O–H groups in total. The monoisotopic (exact) mass is 241 g/mol. The molecule has 0 radical (unpaired) electrons. The molecule has 0 unspecified atom stereocenters. The lowest BCUT2D eigenvalue weighted by molar-refractivity contribution is 0.555. The van der Waals surface area contributed by atoms with E-state index in [1.807, 2.05) is 45.0 Å². The number of aryl methyl sites for hydroxylation is 1. The van der Waals surface area contributed by atoms with E-state index in [0.717, 1.165) is 17.5 Å². The predicted molar refractivity (Wildman–Crippen MR) is 66.7 cm³/mol. The second kappa shape index (κ2) is 5.46. The van der Waals surface area contributed by atoms with Crippen molar-refractivity contribution in [3.05, 3.63) is 35.4 Å². The molecule has 0 bridgehead atoms. The maximum absolute atomic E-state index is 11.7. The van der Waals surface area contributed by atoms with Crippen molar-refractivity contribution in [1.29, 1.82) is 0 Å². The van der Waals surface area contributed by atoms with Gasteiger partial charge in [0, 0.05) is 6.04 Å². The van der Waals surface area contributed by atoms with Crippen LogP contribution in [0.1, 0.15) is 31.4 Å². The number of sulfonamides is 1. The van der Waals surface area contributed by atoms with Gasteiger partial charge in [-0.3, -0.25) is 0 Å². The maximum atomic E-state index is 11.7. The van der Waals surface area contributed by atoms with Gasteiger partial charge in [0.05, 0.1) is 5.75 Å². The summed E-state index contributed by atoms with van der Waals surface area (Å²) in [6, 6.07) is 7.55. The Morgan fingerprint density at radius 1 is 1.25 bits per heavy atom. The first-order chi connectivity index (χ1) is 7.43. The summed E-state index contributed by atoms with van der Waals surface area (Å²) < 4.78 is 26.1. The van der Waals surface area contributed by atoms with Crippen LogP contribution in [0.3, 0.4) is 0 Å². The van der Waals surface area contributed by atoms with Gasteiger partial charge in [-0.1, -0.05) is 36.8 Å². The van der Waals surface area contributed by atoms with Crippen LogP contribution in [0, 0.1) is 6.92 Å². The fraction of sp³-hybridized carbons (Fsp3) is 0.500. The Morgan fingerprint density at radius 3 is 2.31 bits per heavy atom. The summed E-state index contributed by atoms with van der Waals surface area (Å²) in [4.78, 5) is 0. The molecule has 0 aliphatic carbocycles. The summed E-state index contributed by atoms with van der Waals surface area (Å²) in [7, 11) is -3.21. The van der Waals surface area contributed by atoms with Crippen LogP contribution in [0.2, 0.25) is 0 Å². The highest BCUT2D eigenvalue weighted by Gasteiger charge is 2.13. The van der Waals surface area contributed by atoms with Crippen LogP contribution in [-0.2, 0) is 15.8 Å². The Hall–Kier alpha value is -0.870. The van der Waals surface area contributed by atoms with Gasteiger partial charge in [-0.2, -0.15) is 0 Å². The maximum Gasteiger partial charge on any atom is 0.216 e. The predicted octanol–water partition coefficient (Wildman–Crippen LogP) is 2.21. The van der Waals surface area contributed by atoms with Crippen molar-refractivity contribution < 1.29 is 8.42 Å². The zero-order valence-corrected chi connectivity index (χ0v) is 10.8. The van der Waals surface area contributed by atoms with E-state index >= 15 is 0 Å². The highest BCUT2D eigenvalue weighted by molar-refractivity contribution is 7.88. The molecule has 0 aliphatic rings. The normalized spacial score (nSPS) is 13.7. The van der Waals surface area contributed by atoms with E-state index in [0.29, 0.717) is 0 Å². The summed E-state index contributed by atoms with van der Waals surface area (Å²) in [5.41, 5.74) is 1.96. The van der Waals surface area contributed by atoms with Gasteiger partial charge in [-0.25, -0.2) is 13.1 Å². The van der Waals surface area contributed by atoms with Crippen molar-refractivity contribution in [2.75, 3.05) is 0 Å². The van der Waals surface area contributed by atoms with E-state index < -0.39 is 10.0 Å². The molecular formula is C12H19NO2S. The Bertz CT molecular complexity index is 423. The van der Waals surface area contributed by atoms with E-state index in [-0.39, 0.29) is 11.8 Å². The van der Waals surface area contributed by atoms with Gasteiger partial charge in [0.15, 0.2) is 0 Å². The summed E-state index contributed by atoms with van der Waals surface area (Å²) in [6.07, 6.45) is 0.799. The van der Waals surface area contributed by atoms with Gasteiger partial charge in [-0.05, 0) is 25.8 Å². The second-order valence-corrected chi connectivity index (χ2v) is 5.93. The van der Waals surface area contributed by atoms with E-state index in [4.69, 9.17) is 0 Å². The minimum absolute atomic E-state index is 0.00421. The van der Waals surface area contributed by atoms with Crippen LogP contribution < -0.4 is 4.72 Å². The molecule has 3 nitrogen and oxygen atoms in total. The van der Waals surface area contributed by atoms with Crippen LogP contribution in [0.15, 0.2) is 24.3 Å². The lowest BCUT2D eigenvalue weighted by atomic mass is 10.2. The topological polar surface area (TPSA) is 46.2 Å². The average molecular weight is 241 g/mol. The third-order valence-corrected chi connectivity index (χ3v) is 3.95. The second-order valence-electron chi connectivity index (χ2n) is 4.17. The van der Waals surface area contributed by atoms with Crippen molar-refractivity contribution in [3.8, 4) is 0 Å². The zero-order chi connectivity index (χ0) is 12.2. The molecule has 0 heterocycles. The minimum atomic E-state index is -3.21. The molecule has 0 saturated heterocycles. The van der Waals surface area contributed by atoms with Gasteiger partial charge >= 0.3 is 0 Å². The molecule has 0 amide bonds. The fourth-order valence-corrected chi connectivity index (χ4v) is 2.83. The number of nitrogens with one attached hydrogen (secondary N) is 1. The molecule has 1 aromatic rings. The van der Waals surface area contributed by atoms with E-state index in [1.54, 1.807) is 0 Å². The quantitative estimate of drug-likeness (QED) is 0.859. The van der Waals surface area contributed by atoms with Crippen molar-refractivity contribution in [3.63, 3.8) is 0 Å². The standard InChI is InChI=1S/C12H19NO2S/c1-4-11(3)13-16(14,15)9-12-7-5-10(2)6-8-12/h5-8,11,13H,4,9H2,1-3H3/t11-/m1/s1. The molecule has 0 saturated carbocycles. The van der Waals surface area contributed by atoms with Crippen molar-refractivity contribution in [1.82, 2.24) is 4.72 Å². The highest BCUT2D eigenvalue weighted by atomic mass is 32.2. The van der Waals surface area contributed by atoms with E-state index in [1.165, 1.54) is 0 Å². The van der Waals surface area contributed by atoms with Crippen molar-refractivity contribution in [2.45, 2.75) is 39.0 Å². The molecule has 0 fully saturated rings. The molecular weight excluding hydrogens is 222 g/mol. The SMILES string of the molecule is CC[C@@H](C)NS(=O)(=O)Cc1ccc(C)cc1. The Kier molecular flexibility index (Phi) is 4.50. The lowest BCUT2D eigenvalue weighted by Gasteiger charge is -2.12. The Balaban J connectivity index is 2.69. The summed E-state index contributed by atoms with van der Waals surface area (Å²) >= 11 is 0. The number of hydrogen-bond acceptors (Lipinski definition) is 2. The number of benzene rings is 1. The summed E-state index contributed by atoms with van der Waals surface area (Å²) in [6.45, 7) is 5.81. The first kappa shape index (κ1) is 13.2. The lowest BCUT2D eigenvalue weighted by Crippen LogP contribution is -2.32. The van der Waals surface area contributed by atoms with Gasteiger partial charge < -0.3 is 0 Å². The zero-order valence-electron chi connectivity index (χ0n) is 10.0. The molecule has 0 aromatic heterocycles. The third kappa shape index (κ3) is 4.33. The molecule has 0 spiro atoms. The first-order valence-electron chi connectivity index (χ1n) is 5.48. The number of rotatable bonds is 5. The van der Waals surface area contributed by atoms with Crippen LogP contribution in [0.5, 0.6) is 0 Å². The molecule has 0 aliphatic heterocycles. The summed E-state index contributed by atoms with van der Waals surface area (Å²) in [5.74, 6) is 0.0532. The van der Waals surface area contributed by atoms with Crippen molar-refractivity contribution in [2.24, 2.45) is 0 Å². The smallest absolute Gasteiger partial charge is 0.212 e. The molecule has 90 valence electrons. The molecule has 4 heteroatoms. The molecule has 1 aromatic carbocycles. The molecule has 1 atom stereocenters. The van der Waals surface area contributed by atoms with Gasteiger partial charge in [0.25, 0.3) is 0 Å². The van der Waals surface area contributed by atoms with Gasteiger partial charge in [-0.15, -0.1) is 0 Å². The largest absolute Gasteiger partial charge is 0.216 e. The van der Waals surface area contributed by atoms with Crippen LogP contribution in [0.4, 0.5) is 0 Å². The van der Waals surface area contributed by atoms with Gasteiger partial charge in [0.2, 0.25) is 10.0 Å². The highest BCUT2D eigenvalue weighted by Crippen LogP contribution is 2.07.